The van der Waals surface area contributed by atoms with Gasteiger partial charge in [0.05, 0.1) is 11.1 Å². The van der Waals surface area contributed by atoms with E-state index in [9.17, 15) is 23.7 Å². The summed E-state index contributed by atoms with van der Waals surface area (Å²) in [5.74, 6) is -0.495. The van der Waals surface area contributed by atoms with E-state index < -0.39 is 28.6 Å². The van der Waals surface area contributed by atoms with Gasteiger partial charge in [-0.05, 0) is 20.8 Å². The van der Waals surface area contributed by atoms with Gasteiger partial charge in [-0.1, -0.05) is 0 Å². The van der Waals surface area contributed by atoms with Gasteiger partial charge in [-0.3, -0.25) is 24.3 Å². The van der Waals surface area contributed by atoms with E-state index in [1.165, 1.54) is 6.92 Å². The monoisotopic (exact) mass is 356 g/mol. The van der Waals surface area contributed by atoms with E-state index in [1.807, 2.05) is 13.8 Å². The molecule has 0 fully saturated rings. The quantitative estimate of drug-likeness (QED) is 0.602. The Labute approximate surface area is 141 Å². The zero-order valence-electron chi connectivity index (χ0n) is 14.0. The molecule has 0 bridgehead atoms. The zero-order chi connectivity index (χ0) is 18.7. The Morgan fingerprint density at radius 2 is 2.04 bits per heavy atom. The normalized spacial score (nSPS) is 11.1. The van der Waals surface area contributed by atoms with Gasteiger partial charge in [-0.25, -0.2) is 8.78 Å². The summed E-state index contributed by atoms with van der Waals surface area (Å²) in [4.78, 5) is 22.0. The number of aromatic nitrogens is 4. The molecule has 1 N–H and O–H groups in total. The molecule has 1 amide bonds. The van der Waals surface area contributed by atoms with Crippen molar-refractivity contribution in [2.75, 3.05) is 0 Å². The maximum atomic E-state index is 12.9. The van der Waals surface area contributed by atoms with E-state index in [4.69, 9.17) is 0 Å². The molecular formula is C14H18F2N6O3. The molecule has 0 aliphatic heterocycles. The summed E-state index contributed by atoms with van der Waals surface area (Å²) in [5, 5.41) is 21.2. The summed E-state index contributed by atoms with van der Waals surface area (Å²) in [6.07, 6.45) is -1.45. The number of halogens is 2. The highest BCUT2D eigenvalue weighted by atomic mass is 19.3. The second kappa shape index (κ2) is 7.36. The molecule has 11 heteroatoms. The fraction of sp³-hybridized carbons (Fsp3) is 0.500. The first-order valence-electron chi connectivity index (χ1n) is 7.54. The molecule has 2 aromatic rings. The highest BCUT2D eigenvalue weighted by Gasteiger charge is 2.31. The van der Waals surface area contributed by atoms with Crippen molar-refractivity contribution in [3.05, 3.63) is 39.0 Å². The van der Waals surface area contributed by atoms with Gasteiger partial charge in [0.25, 0.3) is 6.43 Å². The molecule has 0 atom stereocenters. The summed E-state index contributed by atoms with van der Waals surface area (Å²) >= 11 is 0. The largest absolute Gasteiger partial charge is 0.350 e. The summed E-state index contributed by atoms with van der Waals surface area (Å²) in [6.45, 7) is 5.62. The molecular weight excluding hydrogens is 338 g/mol. The maximum absolute atomic E-state index is 12.9. The van der Waals surface area contributed by atoms with E-state index in [0.29, 0.717) is 6.54 Å². The lowest BCUT2D eigenvalue weighted by Crippen LogP contribution is -2.28. The molecule has 136 valence electrons. The van der Waals surface area contributed by atoms with Crippen LogP contribution in [-0.2, 0) is 24.4 Å². The number of aryl methyl sites for hydroxylation is 1. The van der Waals surface area contributed by atoms with E-state index >= 15 is 0 Å². The Morgan fingerprint density at radius 1 is 1.36 bits per heavy atom. The minimum Gasteiger partial charge on any atom is -0.350 e. The predicted octanol–water partition coefficient (Wildman–Crippen LogP) is 1.88. The minimum absolute atomic E-state index is 0.0922. The maximum Gasteiger partial charge on any atom is 0.319 e. The molecule has 0 unspecified atom stereocenters. The number of carbonyl (C=O) groups excluding carboxylic acids is 1. The van der Waals surface area contributed by atoms with E-state index in [2.05, 4.69) is 15.5 Å². The molecule has 0 spiro atoms. The molecule has 0 saturated carbocycles. The van der Waals surface area contributed by atoms with Crippen molar-refractivity contribution in [3.63, 3.8) is 0 Å². The third-order valence-electron chi connectivity index (χ3n) is 3.86. The van der Waals surface area contributed by atoms with Crippen LogP contribution in [0.2, 0.25) is 0 Å². The molecule has 2 aromatic heterocycles. The van der Waals surface area contributed by atoms with Gasteiger partial charge in [-0.2, -0.15) is 10.2 Å². The zero-order valence-corrected chi connectivity index (χ0v) is 14.0. The van der Waals surface area contributed by atoms with Crippen molar-refractivity contribution >= 4 is 11.6 Å². The first-order valence-corrected chi connectivity index (χ1v) is 7.54. The Hall–Kier alpha value is -2.85. The molecule has 0 aliphatic rings. The number of nitrogens with zero attached hydrogens (tertiary/aromatic N) is 5. The highest BCUT2D eigenvalue weighted by Crippen LogP contribution is 2.30. The molecule has 0 aliphatic carbocycles. The number of rotatable bonds is 7. The van der Waals surface area contributed by atoms with Crippen LogP contribution in [0.1, 0.15) is 36.0 Å². The second-order valence-electron chi connectivity index (χ2n) is 5.38. The average Bonchev–Trinajstić information content (AvgIpc) is 3.06. The van der Waals surface area contributed by atoms with Crippen molar-refractivity contribution in [2.45, 2.75) is 46.8 Å². The summed E-state index contributed by atoms with van der Waals surface area (Å²) in [5.41, 5.74) is -0.0519. The summed E-state index contributed by atoms with van der Waals surface area (Å²) in [6, 6.07) is 0. The number of hydrogen-bond donors (Lipinski definition) is 1. The van der Waals surface area contributed by atoms with Crippen molar-refractivity contribution < 1.29 is 18.5 Å². The van der Waals surface area contributed by atoms with Gasteiger partial charge in [0.1, 0.15) is 12.2 Å². The summed E-state index contributed by atoms with van der Waals surface area (Å²) in [7, 11) is 0. The van der Waals surface area contributed by atoms with Crippen LogP contribution in [-0.4, -0.2) is 30.4 Å². The number of hydrogen-bond acceptors (Lipinski definition) is 5. The molecule has 0 aromatic carbocycles. The third kappa shape index (κ3) is 3.80. The number of carbonyl (C=O) groups is 1. The fourth-order valence-electron chi connectivity index (χ4n) is 2.45. The van der Waals surface area contributed by atoms with Crippen LogP contribution in [0, 0.1) is 24.0 Å². The number of nitrogens with one attached hydrogen (secondary N) is 1. The van der Waals surface area contributed by atoms with Gasteiger partial charge >= 0.3 is 5.69 Å². The Balaban J connectivity index is 2.09. The van der Waals surface area contributed by atoms with Crippen LogP contribution in [0.25, 0.3) is 0 Å². The van der Waals surface area contributed by atoms with Crippen molar-refractivity contribution in [2.24, 2.45) is 0 Å². The number of alkyl halides is 2. The predicted molar refractivity (Wildman–Crippen MR) is 83.1 cm³/mol. The van der Waals surface area contributed by atoms with Crippen LogP contribution >= 0.6 is 0 Å². The smallest absolute Gasteiger partial charge is 0.319 e. The summed E-state index contributed by atoms with van der Waals surface area (Å²) < 4.78 is 28.4. The first kappa shape index (κ1) is 18.5. The Morgan fingerprint density at radius 3 is 2.52 bits per heavy atom. The third-order valence-corrected chi connectivity index (χ3v) is 3.86. The Bertz CT molecular complexity index is 799. The van der Waals surface area contributed by atoms with E-state index in [-0.39, 0.29) is 18.8 Å². The Kier molecular flexibility index (Phi) is 5.45. The van der Waals surface area contributed by atoms with Gasteiger partial charge < -0.3 is 5.32 Å². The fourth-order valence-corrected chi connectivity index (χ4v) is 2.45. The van der Waals surface area contributed by atoms with E-state index in [1.54, 1.807) is 10.9 Å². The van der Waals surface area contributed by atoms with Crippen molar-refractivity contribution in [3.8, 4) is 0 Å². The lowest BCUT2D eigenvalue weighted by Gasteiger charge is -2.06. The van der Waals surface area contributed by atoms with E-state index in [0.717, 1.165) is 15.9 Å². The van der Waals surface area contributed by atoms with Gasteiger partial charge in [0.15, 0.2) is 0 Å². The van der Waals surface area contributed by atoms with Crippen LogP contribution in [0.5, 0.6) is 0 Å². The molecule has 0 saturated heterocycles. The lowest BCUT2D eigenvalue weighted by atomic mass is 10.2. The molecule has 2 rings (SSSR count). The average molecular weight is 356 g/mol. The molecule has 9 nitrogen and oxygen atoms in total. The lowest BCUT2D eigenvalue weighted by molar-refractivity contribution is -0.386. The van der Waals surface area contributed by atoms with Gasteiger partial charge in [0.2, 0.25) is 11.6 Å². The van der Waals surface area contributed by atoms with Crippen LogP contribution in [0.4, 0.5) is 14.5 Å². The molecule has 0 radical (unpaired) electrons. The second-order valence-corrected chi connectivity index (χ2v) is 5.38. The minimum atomic E-state index is -3.09. The first-order chi connectivity index (χ1) is 11.8. The van der Waals surface area contributed by atoms with Crippen LogP contribution in [0.3, 0.4) is 0 Å². The number of nitro groups is 1. The standard InChI is InChI=1S/C14H18F2N6O3/c1-4-20-8(2)10(6-18-20)5-17-11(23)7-21-9(3)13(22(24)25)12(19-21)14(15)16/h6,14H,4-5,7H2,1-3H3,(H,17,23). The topological polar surface area (TPSA) is 108 Å². The van der Waals surface area contributed by atoms with Gasteiger partial charge in [-0.15, -0.1) is 0 Å². The SMILES string of the molecule is CCn1ncc(CNC(=O)Cn2nc(C(F)F)c([N+](=O)[O-])c2C)c1C. The van der Waals surface area contributed by atoms with Crippen molar-refractivity contribution in [1.29, 1.82) is 0 Å². The van der Waals surface area contributed by atoms with Crippen LogP contribution in [0.15, 0.2) is 6.20 Å². The van der Waals surface area contributed by atoms with Crippen molar-refractivity contribution in [1.82, 2.24) is 24.9 Å². The highest BCUT2D eigenvalue weighted by molar-refractivity contribution is 5.75. The molecule has 2 heterocycles. The molecule has 25 heavy (non-hydrogen) atoms. The number of amides is 1. The van der Waals surface area contributed by atoms with Gasteiger partial charge in [0, 0.05) is 24.3 Å². The van der Waals surface area contributed by atoms with Crippen LogP contribution < -0.4 is 5.32 Å².